The van der Waals surface area contributed by atoms with Crippen LogP contribution in [0.5, 0.6) is 0 Å². The highest BCUT2D eigenvalue weighted by Crippen LogP contribution is 2.07. The molecule has 0 radical (unpaired) electrons. The van der Waals surface area contributed by atoms with Crippen LogP contribution in [0, 0.1) is 0 Å². The number of halogens is 1. The van der Waals surface area contributed by atoms with Crippen LogP contribution in [0.4, 0.5) is 0 Å². The van der Waals surface area contributed by atoms with Crippen molar-refractivity contribution in [1.29, 1.82) is 0 Å². The zero-order chi connectivity index (χ0) is 9.84. The van der Waals surface area contributed by atoms with E-state index in [9.17, 15) is 4.79 Å². The van der Waals surface area contributed by atoms with Gasteiger partial charge in [-0.3, -0.25) is 4.79 Å². The van der Waals surface area contributed by atoms with Gasteiger partial charge in [-0.2, -0.15) is 0 Å². The molecule has 0 aromatic rings. The Kier molecular flexibility index (Phi) is 4.19. The Morgan fingerprint density at radius 2 is 2.00 bits per heavy atom. The number of hydrogen-bond donors (Lipinski definition) is 0. The van der Waals surface area contributed by atoms with E-state index in [-0.39, 0.29) is 10.7 Å². The van der Waals surface area contributed by atoms with Crippen LogP contribution in [-0.4, -0.2) is 53.8 Å². The van der Waals surface area contributed by atoms with Crippen LogP contribution in [-0.2, 0) is 4.79 Å². The molecule has 1 amide bonds. The van der Waals surface area contributed by atoms with Gasteiger partial charge in [0.05, 0.1) is 4.83 Å². The summed E-state index contributed by atoms with van der Waals surface area (Å²) in [4.78, 5) is 15.8. The smallest absolute Gasteiger partial charge is 0.236 e. The predicted molar refractivity (Wildman–Crippen MR) is 57.1 cm³/mol. The van der Waals surface area contributed by atoms with Gasteiger partial charge in [-0.1, -0.05) is 15.9 Å². The van der Waals surface area contributed by atoms with Crippen LogP contribution < -0.4 is 0 Å². The van der Waals surface area contributed by atoms with Crippen LogP contribution in [0.3, 0.4) is 0 Å². The molecule has 0 spiro atoms. The van der Waals surface area contributed by atoms with E-state index >= 15 is 0 Å². The molecule has 1 rings (SSSR count). The topological polar surface area (TPSA) is 23.6 Å². The van der Waals surface area contributed by atoms with Crippen molar-refractivity contribution in [3.8, 4) is 0 Å². The molecule has 1 atom stereocenters. The largest absolute Gasteiger partial charge is 0.340 e. The van der Waals surface area contributed by atoms with E-state index in [4.69, 9.17) is 0 Å². The normalized spacial score (nSPS) is 22.5. The highest BCUT2D eigenvalue weighted by molar-refractivity contribution is 9.10. The van der Waals surface area contributed by atoms with Crippen molar-refractivity contribution in [1.82, 2.24) is 9.80 Å². The number of hydrogen-bond acceptors (Lipinski definition) is 2. The number of carbonyl (C=O) groups is 1. The van der Waals surface area contributed by atoms with E-state index in [1.54, 1.807) is 0 Å². The molecule has 0 aromatic carbocycles. The van der Waals surface area contributed by atoms with Crippen LogP contribution in [0.2, 0.25) is 0 Å². The third-order valence-electron chi connectivity index (χ3n) is 2.37. The fourth-order valence-electron chi connectivity index (χ4n) is 1.52. The standard InChI is InChI=1S/C9H17BrN2O/c1-8(10)9(13)12-5-3-4-11(2)6-7-12/h8H,3-7H2,1-2H3. The number of alkyl halides is 1. The van der Waals surface area contributed by atoms with Gasteiger partial charge >= 0.3 is 0 Å². The van der Waals surface area contributed by atoms with Gasteiger partial charge in [0.25, 0.3) is 0 Å². The zero-order valence-corrected chi connectivity index (χ0v) is 9.88. The number of carbonyl (C=O) groups excluding carboxylic acids is 1. The van der Waals surface area contributed by atoms with E-state index in [2.05, 4.69) is 27.9 Å². The lowest BCUT2D eigenvalue weighted by Crippen LogP contribution is -2.38. The Morgan fingerprint density at radius 1 is 1.31 bits per heavy atom. The first kappa shape index (κ1) is 11.0. The summed E-state index contributed by atoms with van der Waals surface area (Å²) in [6, 6.07) is 0. The maximum Gasteiger partial charge on any atom is 0.236 e. The number of likely N-dealkylation sites (N-methyl/N-ethyl adjacent to an activating group) is 1. The lowest BCUT2D eigenvalue weighted by Gasteiger charge is -2.21. The van der Waals surface area contributed by atoms with Gasteiger partial charge < -0.3 is 9.80 Å². The lowest BCUT2D eigenvalue weighted by atomic mass is 10.3. The van der Waals surface area contributed by atoms with Gasteiger partial charge in [-0.15, -0.1) is 0 Å². The van der Waals surface area contributed by atoms with Crippen molar-refractivity contribution in [3.63, 3.8) is 0 Å². The summed E-state index contributed by atoms with van der Waals surface area (Å²) in [5, 5.41) is 0. The van der Waals surface area contributed by atoms with E-state index in [0.29, 0.717) is 0 Å². The number of amides is 1. The highest BCUT2D eigenvalue weighted by Gasteiger charge is 2.20. The minimum atomic E-state index is -0.0455. The van der Waals surface area contributed by atoms with Crippen molar-refractivity contribution >= 4 is 21.8 Å². The van der Waals surface area contributed by atoms with E-state index in [0.717, 1.165) is 32.6 Å². The molecule has 1 heterocycles. The van der Waals surface area contributed by atoms with Crippen LogP contribution >= 0.6 is 15.9 Å². The van der Waals surface area contributed by atoms with Gasteiger partial charge in [-0.25, -0.2) is 0 Å². The SMILES string of the molecule is CC(Br)C(=O)N1CCCN(C)CC1. The second-order valence-corrected chi connectivity index (χ2v) is 4.97. The van der Waals surface area contributed by atoms with Gasteiger partial charge in [0, 0.05) is 19.6 Å². The van der Waals surface area contributed by atoms with E-state index in [1.807, 2.05) is 11.8 Å². The molecule has 1 aliphatic rings. The Bertz CT molecular complexity index is 184. The average Bonchev–Trinajstić information content (AvgIpc) is 2.28. The second-order valence-electron chi connectivity index (χ2n) is 3.60. The Labute approximate surface area is 88.2 Å². The molecule has 76 valence electrons. The van der Waals surface area contributed by atoms with Gasteiger partial charge in [0.1, 0.15) is 0 Å². The maximum absolute atomic E-state index is 11.6. The summed E-state index contributed by atoms with van der Waals surface area (Å²) in [5.74, 6) is 0.218. The number of nitrogens with zero attached hydrogens (tertiary/aromatic N) is 2. The van der Waals surface area contributed by atoms with Crippen molar-refractivity contribution in [2.24, 2.45) is 0 Å². The number of rotatable bonds is 1. The van der Waals surface area contributed by atoms with Crippen LogP contribution in [0.25, 0.3) is 0 Å². The fraction of sp³-hybridized carbons (Fsp3) is 0.889. The molecule has 1 fully saturated rings. The molecule has 1 unspecified atom stereocenters. The predicted octanol–water partition coefficient (Wildman–Crippen LogP) is 0.934. The Balaban J connectivity index is 2.46. The second kappa shape index (κ2) is 4.96. The minimum Gasteiger partial charge on any atom is -0.340 e. The monoisotopic (exact) mass is 248 g/mol. The minimum absolute atomic E-state index is 0.0455. The summed E-state index contributed by atoms with van der Waals surface area (Å²) in [5.41, 5.74) is 0. The molecule has 3 nitrogen and oxygen atoms in total. The molecule has 1 aliphatic heterocycles. The van der Waals surface area contributed by atoms with Crippen molar-refractivity contribution in [2.45, 2.75) is 18.2 Å². The quantitative estimate of drug-likeness (QED) is 0.645. The Hall–Kier alpha value is -0.0900. The first-order valence-electron chi connectivity index (χ1n) is 4.72. The third-order valence-corrected chi connectivity index (χ3v) is 2.76. The van der Waals surface area contributed by atoms with E-state index in [1.165, 1.54) is 0 Å². The molecule has 13 heavy (non-hydrogen) atoms. The summed E-state index contributed by atoms with van der Waals surface area (Å²) in [7, 11) is 2.10. The van der Waals surface area contributed by atoms with Gasteiger partial charge in [0.15, 0.2) is 0 Å². The molecule has 0 aromatic heterocycles. The maximum atomic E-state index is 11.6. The summed E-state index contributed by atoms with van der Waals surface area (Å²) < 4.78 is 0. The summed E-state index contributed by atoms with van der Waals surface area (Å²) in [6.45, 7) is 5.74. The fourth-order valence-corrected chi connectivity index (χ4v) is 1.81. The van der Waals surface area contributed by atoms with Crippen LogP contribution in [0.1, 0.15) is 13.3 Å². The average molecular weight is 249 g/mol. The summed E-state index contributed by atoms with van der Waals surface area (Å²) in [6.07, 6.45) is 1.09. The van der Waals surface area contributed by atoms with Gasteiger partial charge in [0.2, 0.25) is 5.91 Å². The van der Waals surface area contributed by atoms with Crippen LogP contribution in [0.15, 0.2) is 0 Å². The van der Waals surface area contributed by atoms with E-state index < -0.39 is 0 Å². The molecule has 0 aliphatic carbocycles. The molecule has 4 heteroatoms. The lowest BCUT2D eigenvalue weighted by molar-refractivity contribution is -0.130. The van der Waals surface area contributed by atoms with Crippen molar-refractivity contribution < 1.29 is 4.79 Å². The summed E-state index contributed by atoms with van der Waals surface area (Å²) >= 11 is 3.31. The Morgan fingerprint density at radius 3 is 2.62 bits per heavy atom. The first-order chi connectivity index (χ1) is 6.11. The third kappa shape index (κ3) is 3.27. The highest BCUT2D eigenvalue weighted by atomic mass is 79.9. The molecule has 1 saturated heterocycles. The van der Waals surface area contributed by atoms with Crippen molar-refractivity contribution in [2.75, 3.05) is 33.2 Å². The molecule has 0 saturated carbocycles. The molecule has 0 N–H and O–H groups in total. The molecule has 0 bridgehead atoms. The first-order valence-corrected chi connectivity index (χ1v) is 5.64. The molecular weight excluding hydrogens is 232 g/mol. The molecular formula is C9H17BrN2O. The van der Waals surface area contributed by atoms with Gasteiger partial charge in [-0.05, 0) is 26.9 Å². The van der Waals surface area contributed by atoms with Crippen molar-refractivity contribution in [3.05, 3.63) is 0 Å². The zero-order valence-electron chi connectivity index (χ0n) is 8.29.